The Labute approximate surface area is 207 Å². The number of piperidine rings is 1. The summed E-state index contributed by atoms with van der Waals surface area (Å²) in [5.41, 5.74) is 3.31. The molecule has 10 heteroatoms. The predicted molar refractivity (Wildman–Crippen MR) is 125 cm³/mol. The molecule has 0 saturated carbocycles. The number of nitrogens with zero attached hydrogens (tertiary/aromatic N) is 2. The Morgan fingerprint density at radius 2 is 1.97 bits per heavy atom. The summed E-state index contributed by atoms with van der Waals surface area (Å²) in [6.07, 6.45) is -4.43. The maximum absolute atomic E-state index is 13.5. The van der Waals surface area contributed by atoms with Gasteiger partial charge in [0, 0.05) is 23.8 Å². The van der Waals surface area contributed by atoms with Crippen LogP contribution in [0.3, 0.4) is 0 Å². The van der Waals surface area contributed by atoms with E-state index in [9.17, 15) is 25.2 Å². The molecule has 2 aromatic rings. The minimum absolute atomic E-state index is 0.128. The number of pyridine rings is 1. The maximum atomic E-state index is 13.5. The highest BCUT2D eigenvalue weighted by Gasteiger charge is 2.51. The van der Waals surface area contributed by atoms with Gasteiger partial charge in [-0.3, -0.25) is 9.78 Å². The number of aromatic nitrogens is 1. The van der Waals surface area contributed by atoms with E-state index in [1.165, 1.54) is 6.26 Å². The van der Waals surface area contributed by atoms with Crippen molar-refractivity contribution in [2.45, 2.75) is 56.0 Å². The van der Waals surface area contributed by atoms with Gasteiger partial charge in [-0.25, -0.2) is 0 Å². The predicted octanol–water partition coefficient (Wildman–Crippen LogP) is 0.497. The number of fused-ring (bicyclic) bond motifs is 5. The molecule has 4 aliphatic heterocycles. The van der Waals surface area contributed by atoms with Crippen molar-refractivity contribution in [1.29, 1.82) is 0 Å². The van der Waals surface area contributed by atoms with Gasteiger partial charge < -0.3 is 39.5 Å². The van der Waals surface area contributed by atoms with Gasteiger partial charge in [-0.2, -0.15) is 0 Å². The molecule has 190 valence electrons. The number of hydrogen-bond donors (Lipinski definition) is 4. The van der Waals surface area contributed by atoms with Gasteiger partial charge in [0.2, 0.25) is 6.29 Å². The van der Waals surface area contributed by atoms with Crippen LogP contribution in [0.25, 0.3) is 10.9 Å². The van der Waals surface area contributed by atoms with E-state index in [2.05, 4.69) is 12.6 Å². The van der Waals surface area contributed by atoms with Crippen LogP contribution in [0.15, 0.2) is 54.8 Å². The van der Waals surface area contributed by atoms with Crippen molar-refractivity contribution < 1.29 is 39.4 Å². The zero-order chi connectivity index (χ0) is 25.1. The second-order valence-corrected chi connectivity index (χ2v) is 9.74. The lowest BCUT2D eigenvalue weighted by Gasteiger charge is -2.45. The molecule has 6 rings (SSSR count). The van der Waals surface area contributed by atoms with Crippen molar-refractivity contribution in [3.63, 3.8) is 0 Å². The van der Waals surface area contributed by atoms with Crippen LogP contribution >= 0.6 is 0 Å². The first-order valence-corrected chi connectivity index (χ1v) is 12.0. The lowest BCUT2D eigenvalue weighted by molar-refractivity contribution is -0.339. The van der Waals surface area contributed by atoms with Crippen LogP contribution in [-0.2, 0) is 25.5 Å². The summed E-state index contributed by atoms with van der Waals surface area (Å²) >= 11 is 0. The molecule has 1 aromatic heterocycles. The van der Waals surface area contributed by atoms with E-state index >= 15 is 0 Å². The summed E-state index contributed by atoms with van der Waals surface area (Å²) in [7, 11) is 0. The number of hydrogen-bond acceptors (Lipinski definition) is 9. The monoisotopic (exact) mass is 496 g/mol. The molecule has 0 radical (unpaired) electrons. The number of ether oxygens (including phenoxy) is 3. The van der Waals surface area contributed by atoms with Crippen LogP contribution in [0.2, 0.25) is 0 Å². The standard InChI is InChI=1S/C26H28N2O8/c1-2-14-15-8-18-20-13(7-12-5-3-4-6-17(12)27-20)9-28(18)24(33)16(15)11-34-25(14)36-26-23(32)22(31)21(30)19(10-29)35-26/h2-7,11,14-15,18-19,21-23,25-26,29-32H,1,8-10H2/t14-,15+,18+,19-,21-,22+,23-,25+,26+/m1/s1. The van der Waals surface area contributed by atoms with Gasteiger partial charge in [0.15, 0.2) is 6.29 Å². The molecule has 36 heavy (non-hydrogen) atoms. The van der Waals surface area contributed by atoms with Crippen molar-refractivity contribution in [2.24, 2.45) is 11.8 Å². The first-order valence-electron chi connectivity index (χ1n) is 12.0. The Kier molecular flexibility index (Phi) is 5.83. The van der Waals surface area contributed by atoms with Crippen LogP contribution in [-0.4, -0.2) is 79.8 Å². The minimum atomic E-state index is -1.57. The van der Waals surface area contributed by atoms with Crippen molar-refractivity contribution >= 4 is 16.8 Å². The fourth-order valence-corrected chi connectivity index (χ4v) is 5.81. The van der Waals surface area contributed by atoms with Crippen molar-refractivity contribution in [3.8, 4) is 0 Å². The van der Waals surface area contributed by atoms with Gasteiger partial charge in [-0.05, 0) is 24.1 Å². The molecule has 4 N–H and O–H groups in total. The highest BCUT2D eigenvalue weighted by Crippen LogP contribution is 2.49. The topological polar surface area (TPSA) is 142 Å². The summed E-state index contributed by atoms with van der Waals surface area (Å²) in [4.78, 5) is 20.2. The third-order valence-corrected chi connectivity index (χ3v) is 7.75. The number of carbonyl (C=O) groups is 1. The molecule has 2 saturated heterocycles. The number of benzene rings is 1. The van der Waals surface area contributed by atoms with Crippen LogP contribution in [0.1, 0.15) is 23.7 Å². The third-order valence-electron chi connectivity index (χ3n) is 7.75. The van der Waals surface area contributed by atoms with Gasteiger partial charge >= 0.3 is 0 Å². The molecular formula is C26H28N2O8. The summed E-state index contributed by atoms with van der Waals surface area (Å²) < 4.78 is 17.2. The minimum Gasteiger partial charge on any atom is -0.471 e. The highest BCUT2D eigenvalue weighted by molar-refractivity contribution is 5.96. The van der Waals surface area contributed by atoms with Crippen LogP contribution in [0, 0.1) is 11.8 Å². The summed E-state index contributed by atoms with van der Waals surface area (Å²) in [6, 6.07) is 9.76. The average molecular weight is 497 g/mol. The SMILES string of the molecule is C=C[C@H]1[C@H](O[C@@H]2O[C@H](CO)[C@@H](O)[C@H](O)[C@H]2O)OC=C2C(=O)N3Cc4cc5ccccc5nc4[C@@H]3C[C@H]21. The number of carbonyl (C=O) groups excluding carboxylic acids is 1. The van der Waals surface area contributed by atoms with E-state index in [4.69, 9.17) is 19.2 Å². The Balaban J connectivity index is 1.27. The number of amides is 1. The summed E-state index contributed by atoms with van der Waals surface area (Å²) in [5, 5.41) is 41.0. The van der Waals surface area contributed by atoms with Crippen molar-refractivity contribution in [3.05, 3.63) is 66.1 Å². The molecule has 1 amide bonds. The number of aliphatic hydroxyl groups is 4. The third kappa shape index (κ3) is 3.56. The molecule has 5 heterocycles. The molecule has 0 aliphatic carbocycles. The van der Waals surface area contributed by atoms with E-state index in [0.29, 0.717) is 18.5 Å². The van der Waals surface area contributed by atoms with Crippen molar-refractivity contribution in [1.82, 2.24) is 9.88 Å². The Bertz CT molecular complexity index is 1230. The summed E-state index contributed by atoms with van der Waals surface area (Å²) in [5.74, 6) is -0.872. The highest BCUT2D eigenvalue weighted by atomic mass is 16.8. The van der Waals surface area contributed by atoms with Crippen LogP contribution in [0.4, 0.5) is 0 Å². The largest absolute Gasteiger partial charge is 0.471 e. The first kappa shape index (κ1) is 23.5. The van der Waals surface area contributed by atoms with Gasteiger partial charge in [-0.15, -0.1) is 6.58 Å². The summed E-state index contributed by atoms with van der Waals surface area (Å²) in [6.45, 7) is 3.84. The van der Waals surface area contributed by atoms with E-state index in [1.807, 2.05) is 29.2 Å². The molecule has 10 nitrogen and oxygen atoms in total. The van der Waals surface area contributed by atoms with Crippen molar-refractivity contribution in [2.75, 3.05) is 6.61 Å². The Morgan fingerprint density at radius 1 is 1.17 bits per heavy atom. The molecular weight excluding hydrogens is 468 g/mol. The number of rotatable bonds is 4. The Hall–Kier alpha value is -2.86. The molecule has 0 unspecified atom stereocenters. The maximum Gasteiger partial charge on any atom is 0.254 e. The van der Waals surface area contributed by atoms with E-state index in [-0.39, 0.29) is 17.9 Å². The molecule has 2 fully saturated rings. The average Bonchev–Trinajstić information content (AvgIpc) is 3.25. The van der Waals surface area contributed by atoms with Gasteiger partial charge in [0.1, 0.15) is 24.4 Å². The lowest BCUT2D eigenvalue weighted by atomic mass is 9.76. The van der Waals surface area contributed by atoms with E-state index in [0.717, 1.165) is 22.2 Å². The molecule has 1 aromatic carbocycles. The molecule has 0 bridgehead atoms. The zero-order valence-corrected chi connectivity index (χ0v) is 19.4. The zero-order valence-electron chi connectivity index (χ0n) is 19.4. The number of para-hydroxylation sites is 1. The fraction of sp³-hybridized carbons (Fsp3) is 0.462. The second-order valence-electron chi connectivity index (χ2n) is 9.74. The van der Waals surface area contributed by atoms with Gasteiger partial charge in [-0.1, -0.05) is 24.3 Å². The molecule has 0 spiro atoms. The van der Waals surface area contributed by atoms with E-state index < -0.39 is 49.5 Å². The quantitative estimate of drug-likeness (QED) is 0.445. The van der Waals surface area contributed by atoms with Crippen LogP contribution in [0.5, 0.6) is 0 Å². The smallest absolute Gasteiger partial charge is 0.254 e. The first-order chi connectivity index (χ1) is 17.4. The molecule has 9 atom stereocenters. The van der Waals surface area contributed by atoms with Crippen LogP contribution < -0.4 is 0 Å². The van der Waals surface area contributed by atoms with E-state index in [1.54, 1.807) is 6.08 Å². The van der Waals surface area contributed by atoms with Gasteiger partial charge in [0.25, 0.3) is 5.91 Å². The van der Waals surface area contributed by atoms with Gasteiger partial charge in [0.05, 0.1) is 35.7 Å². The normalized spacial score (nSPS) is 37.6. The second kappa shape index (κ2) is 8.91. The molecule has 4 aliphatic rings. The fourth-order valence-electron chi connectivity index (χ4n) is 5.81. The Morgan fingerprint density at radius 3 is 2.75 bits per heavy atom. The lowest BCUT2D eigenvalue weighted by Crippen LogP contribution is -2.60. The number of aliphatic hydroxyl groups excluding tert-OH is 4.